The monoisotopic (exact) mass is 770 g/mol. The number of aromatic nitrogens is 4. The van der Waals surface area contributed by atoms with Gasteiger partial charge >= 0.3 is 12.1 Å². The van der Waals surface area contributed by atoms with Crippen LogP contribution in [-0.4, -0.2) is 84.9 Å². The maximum atomic E-state index is 11.7. The van der Waals surface area contributed by atoms with Crippen LogP contribution in [0.25, 0.3) is 27.8 Å². The highest BCUT2D eigenvalue weighted by Crippen LogP contribution is 2.34. The lowest BCUT2D eigenvalue weighted by molar-refractivity contribution is 0.252. The maximum Gasteiger partial charge on any atom is 0.320 e. The van der Waals surface area contributed by atoms with Crippen LogP contribution in [0.1, 0.15) is 60.3 Å². The molecule has 4 amide bonds. The maximum absolute atomic E-state index is 11.7. The Bertz CT molecular complexity index is 2350. The number of aryl methyl sites for hydroxylation is 2. The molecule has 8 heterocycles. The molecule has 282 valence electrons. The van der Waals surface area contributed by atoms with Crippen molar-refractivity contribution in [2.75, 3.05) is 45.9 Å². The third kappa shape index (κ3) is 8.29. The number of urea groups is 2. The molecule has 1 fully saturated rings. The number of primary amides is 2. The van der Waals surface area contributed by atoms with Crippen LogP contribution in [0.4, 0.5) is 21.2 Å². The minimum Gasteiger partial charge on any atom is -0.351 e. The first-order valence-corrected chi connectivity index (χ1v) is 21.6. The van der Waals surface area contributed by atoms with Gasteiger partial charge < -0.3 is 11.5 Å². The summed E-state index contributed by atoms with van der Waals surface area (Å²) in [6.07, 6.45) is 17.6. The molecule has 0 spiro atoms. The number of nitrogens with zero attached hydrogens (tertiary/aromatic N) is 6. The Kier molecular flexibility index (Phi) is 10.5. The average molecular weight is 771 g/mol. The number of nitrogens with two attached hydrogens (primary N) is 2. The van der Waals surface area contributed by atoms with Crippen molar-refractivity contribution in [2.24, 2.45) is 11.5 Å². The number of allylic oxidation sites excluding steroid dienone is 1. The fourth-order valence-corrected chi connectivity index (χ4v) is 10.1. The zero-order valence-electron chi connectivity index (χ0n) is 29.7. The van der Waals surface area contributed by atoms with Crippen LogP contribution < -0.4 is 21.3 Å². The first kappa shape index (κ1) is 37.1. The van der Waals surface area contributed by atoms with Gasteiger partial charge in [0.05, 0.1) is 23.0 Å². The Morgan fingerprint density at radius 2 is 1.13 bits per heavy atom. The number of fused-ring (bicyclic) bond motifs is 2. The van der Waals surface area contributed by atoms with E-state index in [0.717, 1.165) is 75.8 Å². The highest BCUT2D eigenvalue weighted by Gasteiger charge is 2.27. The van der Waals surface area contributed by atoms with Crippen molar-refractivity contribution in [3.05, 3.63) is 89.8 Å². The standard InChI is InChI=1S/C19H22N4O3S.C19H20N4O3S/c2*20-19(24)23-5-1-2-14-8-17(12-22-18(14)23)16-9-15(10-21-11-16)13-3-6-27(25,26)7-4-13/h8-13H,1-7H2,(H2,20,24);3,8-12H,1-2,4-7H2,(H2,20,24). The average Bonchev–Trinajstić information content (AvgIpc) is 3.17. The minimum absolute atomic E-state index is 0.0793. The van der Waals surface area contributed by atoms with Gasteiger partial charge in [-0.15, -0.1) is 0 Å². The van der Waals surface area contributed by atoms with E-state index in [1.807, 2.05) is 24.4 Å². The van der Waals surface area contributed by atoms with E-state index in [1.165, 1.54) is 9.80 Å². The summed E-state index contributed by atoms with van der Waals surface area (Å²) < 4.78 is 46.6. The summed E-state index contributed by atoms with van der Waals surface area (Å²) in [6.45, 7) is 1.18. The van der Waals surface area contributed by atoms with Gasteiger partial charge in [-0.1, -0.05) is 6.08 Å². The van der Waals surface area contributed by atoms with Gasteiger partial charge in [0.15, 0.2) is 9.84 Å². The molecule has 0 unspecified atom stereocenters. The summed E-state index contributed by atoms with van der Waals surface area (Å²) in [6, 6.07) is 7.19. The van der Waals surface area contributed by atoms with Crippen molar-refractivity contribution in [3.63, 3.8) is 0 Å². The van der Waals surface area contributed by atoms with Crippen LogP contribution in [0, 0.1) is 0 Å². The molecule has 0 bridgehead atoms. The Labute approximate surface area is 314 Å². The SMILES string of the molecule is NC(=O)N1CCCc2cc(-c3cncc(C4=CCS(=O)(=O)CC4)c3)cnc21.NC(=O)N1CCCc2cc(-c3cncc(C4CCS(=O)(=O)CC4)c3)cnc21. The van der Waals surface area contributed by atoms with Crippen molar-refractivity contribution < 1.29 is 26.4 Å². The van der Waals surface area contributed by atoms with E-state index in [1.54, 1.807) is 37.1 Å². The predicted molar refractivity (Wildman–Crippen MR) is 207 cm³/mol. The second kappa shape index (κ2) is 15.3. The number of amides is 4. The number of carbonyl (C=O) groups excluding carboxylic acids is 2. The molecule has 4 aromatic heterocycles. The molecule has 8 rings (SSSR count). The summed E-state index contributed by atoms with van der Waals surface area (Å²) in [5.41, 5.74) is 19.6. The van der Waals surface area contributed by atoms with Crippen LogP contribution in [0.5, 0.6) is 0 Å². The van der Waals surface area contributed by atoms with E-state index in [4.69, 9.17) is 11.5 Å². The molecule has 4 aliphatic rings. The lowest BCUT2D eigenvalue weighted by Gasteiger charge is -2.27. The van der Waals surface area contributed by atoms with Crippen LogP contribution in [0.3, 0.4) is 0 Å². The molecular formula is C38H42N8O6S2. The van der Waals surface area contributed by atoms with Gasteiger partial charge in [0.25, 0.3) is 0 Å². The van der Waals surface area contributed by atoms with Gasteiger partial charge in [-0.25, -0.2) is 36.4 Å². The molecule has 4 aromatic rings. The molecule has 1 saturated heterocycles. The van der Waals surface area contributed by atoms with Gasteiger partial charge in [0.1, 0.15) is 21.5 Å². The zero-order chi connectivity index (χ0) is 38.0. The Hall–Kier alpha value is -5.22. The van der Waals surface area contributed by atoms with Crippen molar-refractivity contribution in [2.45, 2.75) is 50.9 Å². The highest BCUT2D eigenvalue weighted by atomic mass is 32.2. The van der Waals surface area contributed by atoms with Crippen molar-refractivity contribution >= 4 is 48.9 Å². The topological polar surface area (TPSA) is 212 Å². The predicted octanol–water partition coefficient (Wildman–Crippen LogP) is 4.44. The third-order valence-corrected chi connectivity index (χ3v) is 13.6. The van der Waals surface area contributed by atoms with Crippen LogP contribution >= 0.6 is 0 Å². The lowest BCUT2D eigenvalue weighted by Crippen LogP contribution is -2.40. The van der Waals surface area contributed by atoms with Gasteiger partial charge in [-0.2, -0.15) is 0 Å². The molecular weight excluding hydrogens is 729 g/mol. The third-order valence-electron chi connectivity index (χ3n) is 10.4. The first-order valence-electron chi connectivity index (χ1n) is 18.0. The normalized spacial score (nSPS) is 19.0. The van der Waals surface area contributed by atoms with Gasteiger partial charge in [0.2, 0.25) is 0 Å². The van der Waals surface area contributed by atoms with Gasteiger partial charge in [-0.3, -0.25) is 19.8 Å². The van der Waals surface area contributed by atoms with Gasteiger partial charge in [0, 0.05) is 72.5 Å². The van der Waals surface area contributed by atoms with E-state index < -0.39 is 31.7 Å². The van der Waals surface area contributed by atoms with E-state index in [-0.39, 0.29) is 28.9 Å². The number of hydrogen-bond acceptors (Lipinski definition) is 10. The number of carbonyl (C=O) groups is 2. The Morgan fingerprint density at radius 3 is 1.67 bits per heavy atom. The zero-order valence-corrected chi connectivity index (χ0v) is 31.4. The smallest absolute Gasteiger partial charge is 0.320 e. The lowest BCUT2D eigenvalue weighted by atomic mass is 9.92. The largest absolute Gasteiger partial charge is 0.351 e. The number of hydrogen-bond donors (Lipinski definition) is 2. The summed E-state index contributed by atoms with van der Waals surface area (Å²) in [7, 11) is -5.84. The second-order valence-electron chi connectivity index (χ2n) is 14.1. The van der Waals surface area contributed by atoms with E-state index >= 15 is 0 Å². The van der Waals surface area contributed by atoms with Crippen molar-refractivity contribution in [1.82, 2.24) is 19.9 Å². The summed E-state index contributed by atoms with van der Waals surface area (Å²) in [5.74, 6) is 2.22. The molecule has 0 saturated carbocycles. The van der Waals surface area contributed by atoms with E-state index in [2.05, 4.69) is 26.0 Å². The van der Waals surface area contributed by atoms with Crippen molar-refractivity contribution in [3.8, 4) is 22.3 Å². The summed E-state index contributed by atoms with van der Waals surface area (Å²) in [4.78, 5) is 43.8. The van der Waals surface area contributed by atoms with Crippen LogP contribution in [-0.2, 0) is 32.5 Å². The fourth-order valence-electron chi connectivity index (χ4n) is 7.45. The molecule has 0 radical (unpaired) electrons. The van der Waals surface area contributed by atoms with E-state index in [9.17, 15) is 26.4 Å². The molecule has 0 atom stereocenters. The molecule has 54 heavy (non-hydrogen) atoms. The Morgan fingerprint density at radius 1 is 0.611 bits per heavy atom. The second-order valence-corrected chi connectivity index (χ2v) is 18.6. The molecule has 16 heteroatoms. The molecule has 4 N–H and O–H groups in total. The van der Waals surface area contributed by atoms with Crippen molar-refractivity contribution in [1.29, 1.82) is 0 Å². The summed E-state index contributed by atoms with van der Waals surface area (Å²) in [5, 5.41) is 0. The quantitative estimate of drug-likeness (QED) is 0.298. The number of pyridine rings is 4. The van der Waals surface area contributed by atoms with Gasteiger partial charge in [-0.05, 0) is 103 Å². The highest BCUT2D eigenvalue weighted by molar-refractivity contribution is 7.91. The van der Waals surface area contributed by atoms with E-state index in [0.29, 0.717) is 44.0 Å². The molecule has 4 aliphatic heterocycles. The molecule has 14 nitrogen and oxygen atoms in total. The van der Waals surface area contributed by atoms with Crippen LogP contribution in [0.2, 0.25) is 0 Å². The number of sulfone groups is 2. The molecule has 0 aromatic carbocycles. The Balaban J connectivity index is 0.000000167. The number of anilines is 2. The fraction of sp³-hybridized carbons (Fsp3) is 0.368. The summed E-state index contributed by atoms with van der Waals surface area (Å²) >= 11 is 0. The minimum atomic E-state index is -2.96. The van der Waals surface area contributed by atoms with Crippen LogP contribution in [0.15, 0.2) is 67.5 Å². The first-order chi connectivity index (χ1) is 25.9. The molecule has 0 aliphatic carbocycles. The number of rotatable bonds is 4.